The summed E-state index contributed by atoms with van der Waals surface area (Å²) in [6.07, 6.45) is 6.78. The molecule has 1 aliphatic carbocycles. The van der Waals surface area contributed by atoms with E-state index in [0.717, 1.165) is 24.0 Å². The zero-order valence-electron chi connectivity index (χ0n) is 18.2. The van der Waals surface area contributed by atoms with Crippen molar-refractivity contribution in [1.82, 2.24) is 14.6 Å². The first-order chi connectivity index (χ1) is 14.5. The molecular formula is C22H28N6O3. The van der Waals surface area contributed by atoms with Crippen LogP contribution >= 0.6 is 0 Å². The van der Waals surface area contributed by atoms with Gasteiger partial charge in [0.2, 0.25) is 0 Å². The van der Waals surface area contributed by atoms with Gasteiger partial charge in [-0.15, -0.1) is 0 Å². The summed E-state index contributed by atoms with van der Waals surface area (Å²) in [6, 6.07) is 3.68. The number of rotatable bonds is 5. The molecule has 9 heteroatoms. The zero-order chi connectivity index (χ0) is 22.6. The number of primary amides is 1. The molecule has 0 saturated heterocycles. The van der Waals surface area contributed by atoms with Gasteiger partial charge in [0.05, 0.1) is 30.1 Å². The van der Waals surface area contributed by atoms with Gasteiger partial charge in [-0.2, -0.15) is 5.10 Å². The zero-order valence-corrected chi connectivity index (χ0v) is 18.2. The minimum atomic E-state index is -0.554. The lowest BCUT2D eigenvalue weighted by atomic mass is 9.75. The van der Waals surface area contributed by atoms with E-state index >= 15 is 0 Å². The Morgan fingerprint density at radius 2 is 2.03 bits per heavy atom. The smallest absolute Gasteiger partial charge is 0.354 e. The summed E-state index contributed by atoms with van der Waals surface area (Å²) >= 11 is 0. The highest BCUT2D eigenvalue weighted by atomic mass is 16.5. The summed E-state index contributed by atoms with van der Waals surface area (Å²) in [7, 11) is 1.33. The van der Waals surface area contributed by atoms with Gasteiger partial charge in [-0.05, 0) is 31.9 Å². The quantitative estimate of drug-likeness (QED) is 0.464. The molecule has 9 nitrogen and oxygen atoms in total. The maximum atomic E-state index is 12.2. The average molecular weight is 425 g/mol. The van der Waals surface area contributed by atoms with Crippen LogP contribution in [0, 0.1) is 5.41 Å². The third-order valence-corrected chi connectivity index (χ3v) is 6.94. The van der Waals surface area contributed by atoms with Crippen molar-refractivity contribution in [2.24, 2.45) is 16.9 Å². The summed E-state index contributed by atoms with van der Waals surface area (Å²) < 4.78 is 6.45. The maximum absolute atomic E-state index is 12.2. The minimum absolute atomic E-state index is 0.0586. The molecule has 6 N–H and O–H groups in total. The SMILES string of the molecule is COC(=O)c1cc(-c2cc3c(N[C@@H]4CC[C@](C)(N)C4(C)C)c(C(N)=O)cnn3c2)c[nH]1. The Labute approximate surface area is 180 Å². The molecule has 1 amide bonds. The van der Waals surface area contributed by atoms with Crippen molar-refractivity contribution < 1.29 is 14.3 Å². The molecule has 0 spiro atoms. The van der Waals surface area contributed by atoms with Gasteiger partial charge in [0.15, 0.2) is 0 Å². The molecule has 3 aromatic heterocycles. The number of nitrogens with two attached hydrogens (primary N) is 2. The van der Waals surface area contributed by atoms with Gasteiger partial charge in [0, 0.05) is 40.5 Å². The standard InChI is InChI=1S/C22H28N6O3/c1-21(2)17(5-6-22(21,3)24)27-18-14(19(23)29)10-26-28-11-13(8-16(18)28)12-7-15(25-9-12)20(30)31-4/h7-11,17,25,27H,5-6,24H2,1-4H3,(H2,23,29)/t17-,22+/m1/s1. The Kier molecular flexibility index (Phi) is 4.81. The van der Waals surface area contributed by atoms with Gasteiger partial charge < -0.3 is 26.5 Å². The molecule has 2 atom stereocenters. The van der Waals surface area contributed by atoms with Gasteiger partial charge in [-0.3, -0.25) is 4.79 Å². The van der Waals surface area contributed by atoms with Crippen molar-refractivity contribution in [3.8, 4) is 11.1 Å². The normalized spacial score (nSPS) is 22.5. The van der Waals surface area contributed by atoms with E-state index in [1.807, 2.05) is 12.3 Å². The van der Waals surface area contributed by atoms with E-state index in [4.69, 9.17) is 16.2 Å². The number of anilines is 1. The average Bonchev–Trinajstić information content (AvgIpc) is 3.40. The van der Waals surface area contributed by atoms with Crippen molar-refractivity contribution in [1.29, 1.82) is 0 Å². The number of aromatic amines is 1. The number of nitrogens with zero attached hydrogens (tertiary/aromatic N) is 2. The van der Waals surface area contributed by atoms with Crippen molar-refractivity contribution >= 4 is 23.1 Å². The fourth-order valence-electron chi connectivity index (χ4n) is 4.29. The highest BCUT2D eigenvalue weighted by Crippen LogP contribution is 2.46. The monoisotopic (exact) mass is 424 g/mol. The Hall–Kier alpha value is -3.33. The lowest BCUT2D eigenvalue weighted by molar-refractivity contribution is 0.0594. The predicted molar refractivity (Wildman–Crippen MR) is 118 cm³/mol. The second-order valence-electron chi connectivity index (χ2n) is 9.02. The molecule has 1 saturated carbocycles. The summed E-state index contributed by atoms with van der Waals surface area (Å²) in [5, 5.41) is 7.91. The molecule has 3 aromatic rings. The Morgan fingerprint density at radius 3 is 2.65 bits per heavy atom. The number of esters is 1. The van der Waals surface area contributed by atoms with Crippen molar-refractivity contribution in [2.75, 3.05) is 12.4 Å². The first-order valence-corrected chi connectivity index (χ1v) is 10.2. The Bertz CT molecular complexity index is 1170. The Morgan fingerprint density at radius 1 is 1.29 bits per heavy atom. The molecule has 0 aromatic carbocycles. The molecule has 0 unspecified atom stereocenters. The predicted octanol–water partition coefficient (Wildman–Crippen LogP) is 2.53. The summed E-state index contributed by atoms with van der Waals surface area (Å²) in [6.45, 7) is 6.33. The number of hydrogen-bond donors (Lipinski definition) is 4. The number of H-pyrrole nitrogens is 1. The van der Waals surface area contributed by atoms with Crippen LogP contribution < -0.4 is 16.8 Å². The van der Waals surface area contributed by atoms with E-state index in [2.05, 4.69) is 36.2 Å². The minimum Gasteiger partial charge on any atom is -0.464 e. The number of aromatic nitrogens is 3. The van der Waals surface area contributed by atoms with Crippen molar-refractivity contribution in [2.45, 2.75) is 45.2 Å². The molecular weight excluding hydrogens is 396 g/mol. The van der Waals surface area contributed by atoms with Crippen LogP contribution in [-0.2, 0) is 4.74 Å². The maximum Gasteiger partial charge on any atom is 0.354 e. The number of carbonyl (C=O) groups is 2. The highest BCUT2D eigenvalue weighted by Gasteiger charge is 2.49. The van der Waals surface area contributed by atoms with Crippen molar-refractivity contribution in [3.63, 3.8) is 0 Å². The van der Waals surface area contributed by atoms with E-state index in [1.165, 1.54) is 13.3 Å². The van der Waals surface area contributed by atoms with E-state index in [0.29, 0.717) is 22.5 Å². The molecule has 3 heterocycles. The number of methoxy groups -OCH3 is 1. The van der Waals surface area contributed by atoms with Crippen LogP contribution in [0.5, 0.6) is 0 Å². The topological polar surface area (TPSA) is 141 Å². The van der Waals surface area contributed by atoms with E-state index in [1.54, 1.807) is 16.8 Å². The second kappa shape index (κ2) is 7.12. The molecule has 164 valence electrons. The Balaban J connectivity index is 1.78. The van der Waals surface area contributed by atoms with E-state index in [-0.39, 0.29) is 17.0 Å². The van der Waals surface area contributed by atoms with E-state index in [9.17, 15) is 9.59 Å². The molecule has 1 aliphatic rings. The van der Waals surface area contributed by atoms with Crippen LogP contribution in [0.1, 0.15) is 54.5 Å². The number of carbonyl (C=O) groups excluding carboxylic acids is 2. The number of ether oxygens (including phenoxy) is 1. The van der Waals surface area contributed by atoms with Crippen LogP contribution in [0.15, 0.2) is 30.7 Å². The molecule has 0 aliphatic heterocycles. The second-order valence-corrected chi connectivity index (χ2v) is 9.02. The lowest BCUT2D eigenvalue weighted by Gasteiger charge is -2.39. The number of fused-ring (bicyclic) bond motifs is 1. The molecule has 0 bridgehead atoms. The van der Waals surface area contributed by atoms with Crippen molar-refractivity contribution in [3.05, 3.63) is 42.0 Å². The van der Waals surface area contributed by atoms with Crippen LogP contribution in [0.2, 0.25) is 0 Å². The molecule has 4 rings (SSSR count). The first-order valence-electron chi connectivity index (χ1n) is 10.2. The molecule has 31 heavy (non-hydrogen) atoms. The summed E-state index contributed by atoms with van der Waals surface area (Å²) in [4.78, 5) is 26.9. The fourth-order valence-corrected chi connectivity index (χ4v) is 4.29. The first kappa shape index (κ1) is 20.9. The van der Waals surface area contributed by atoms with Gasteiger partial charge in [0.25, 0.3) is 5.91 Å². The largest absolute Gasteiger partial charge is 0.464 e. The van der Waals surface area contributed by atoms with Crippen LogP contribution in [0.25, 0.3) is 16.6 Å². The number of hydrogen-bond acceptors (Lipinski definition) is 6. The van der Waals surface area contributed by atoms with E-state index < -0.39 is 11.9 Å². The van der Waals surface area contributed by atoms with Crippen LogP contribution in [-0.4, -0.2) is 45.2 Å². The number of amides is 1. The molecule has 0 radical (unpaired) electrons. The van der Waals surface area contributed by atoms with Gasteiger partial charge in [0.1, 0.15) is 5.69 Å². The third kappa shape index (κ3) is 3.34. The number of nitrogens with one attached hydrogen (secondary N) is 2. The third-order valence-electron chi connectivity index (χ3n) is 6.94. The molecule has 1 fully saturated rings. The van der Waals surface area contributed by atoms with Crippen LogP contribution in [0.3, 0.4) is 0 Å². The van der Waals surface area contributed by atoms with Gasteiger partial charge in [-0.1, -0.05) is 13.8 Å². The highest BCUT2D eigenvalue weighted by molar-refractivity contribution is 6.02. The summed E-state index contributed by atoms with van der Waals surface area (Å²) in [5.74, 6) is -0.999. The summed E-state index contributed by atoms with van der Waals surface area (Å²) in [5.41, 5.74) is 15.3. The lowest BCUT2D eigenvalue weighted by Crippen LogP contribution is -2.51. The fraction of sp³-hybridized carbons (Fsp3) is 0.409. The van der Waals surface area contributed by atoms with Gasteiger partial charge >= 0.3 is 5.97 Å². The van der Waals surface area contributed by atoms with Crippen LogP contribution in [0.4, 0.5) is 5.69 Å². The van der Waals surface area contributed by atoms with Gasteiger partial charge in [-0.25, -0.2) is 9.31 Å².